The number of rotatable bonds is 12. The van der Waals surface area contributed by atoms with Crippen molar-refractivity contribution in [2.75, 3.05) is 39.5 Å². The molecule has 3 aromatic carbocycles. The van der Waals surface area contributed by atoms with Gasteiger partial charge in [-0.25, -0.2) is 58.4 Å². The summed E-state index contributed by atoms with van der Waals surface area (Å²) in [6, 6.07) is 12.8. The maximum Gasteiger partial charge on any atom is 0.408 e. The Kier molecular flexibility index (Phi) is 36.9. The van der Waals surface area contributed by atoms with Crippen molar-refractivity contribution in [1.29, 1.82) is 0 Å². The van der Waals surface area contributed by atoms with E-state index in [9.17, 15) is 43.2 Å². The molecule has 3 aromatic heterocycles. The maximum atomic E-state index is 14.2. The van der Waals surface area contributed by atoms with Crippen molar-refractivity contribution in [2.24, 2.45) is 69.5 Å². The Morgan fingerprint density at radius 2 is 0.809 bits per heavy atom. The van der Waals surface area contributed by atoms with E-state index in [2.05, 4.69) is 29.5 Å². The monoisotopic (exact) mass is 1990 g/mol. The first-order valence-corrected chi connectivity index (χ1v) is 49.6. The van der Waals surface area contributed by atoms with Gasteiger partial charge in [0.1, 0.15) is 82.0 Å². The molecule has 0 spiro atoms. The third-order valence-corrected chi connectivity index (χ3v) is 29.9. The Hall–Kier alpha value is -8.34. The molecule has 4 saturated carbocycles. The molecule has 16 rings (SSSR count). The summed E-state index contributed by atoms with van der Waals surface area (Å²) >= 11 is 0. The molecule has 6 bridgehead atoms. The van der Waals surface area contributed by atoms with Crippen LogP contribution in [0.5, 0.6) is 34.9 Å². The predicted molar refractivity (Wildman–Crippen MR) is 502 cm³/mol. The van der Waals surface area contributed by atoms with Crippen molar-refractivity contribution in [1.82, 2.24) is 55.2 Å². The van der Waals surface area contributed by atoms with Crippen LogP contribution < -0.4 is 39.1 Å². The van der Waals surface area contributed by atoms with E-state index in [4.69, 9.17) is 72.5 Å². The number of esters is 1. The normalized spacial score (nSPS) is 30.2. The van der Waals surface area contributed by atoms with Crippen molar-refractivity contribution in [3.63, 3.8) is 0 Å². The third kappa shape index (κ3) is 25.0. The van der Waals surface area contributed by atoms with Crippen LogP contribution in [-0.2, 0) is 123 Å². The number of hydrogen-bond acceptors (Lipinski definition) is 24. The molecule has 4 aliphatic carbocycles. The third-order valence-electron chi connectivity index (χ3n) is 29.9. The number of aryl methyl sites for hydroxylation is 3. The number of aromatic nitrogens is 6. The molecule has 3 saturated heterocycles. The average molecular weight is 1990 g/mol. The Labute approximate surface area is 838 Å². The minimum Gasteiger partial charge on any atom is -0.540 e. The average Bonchev–Trinajstić information content (AvgIpc) is 1.60. The van der Waals surface area contributed by atoms with Crippen LogP contribution in [0.2, 0.25) is 0 Å². The van der Waals surface area contributed by atoms with Gasteiger partial charge in [-0.1, -0.05) is 159 Å². The second-order valence-corrected chi connectivity index (χ2v) is 42.3. The number of amides is 5. The van der Waals surface area contributed by atoms with Gasteiger partial charge in [0.25, 0.3) is 0 Å². The van der Waals surface area contributed by atoms with E-state index in [1.165, 1.54) is 16.2 Å². The number of hydrogen-bond donors (Lipinski definition) is 2. The summed E-state index contributed by atoms with van der Waals surface area (Å²) in [7, 11) is 0. The zero-order chi connectivity index (χ0) is 95.2. The van der Waals surface area contributed by atoms with Gasteiger partial charge in [-0.3, -0.25) is 19.2 Å². The molecule has 3 radical (unpaired) electrons. The first-order valence-electron chi connectivity index (χ1n) is 49.6. The van der Waals surface area contributed by atoms with Gasteiger partial charge < -0.3 is 82.3 Å². The number of alkyl carbamates (subject to hydrolysis) is 2. The van der Waals surface area contributed by atoms with Crippen LogP contribution >= 0.6 is 0 Å². The quantitative estimate of drug-likeness (QED) is 0.0653. The molecule has 20 atom stereocenters. The van der Waals surface area contributed by atoms with E-state index < -0.39 is 94.1 Å². The van der Waals surface area contributed by atoms with Crippen LogP contribution in [0.3, 0.4) is 0 Å². The predicted octanol–water partition coefficient (Wildman–Crippen LogP) is 16.9. The molecular formula is C104H142N11O18V3-3. The van der Waals surface area contributed by atoms with Crippen LogP contribution in [0.4, 0.5) is 9.59 Å². The fourth-order valence-corrected chi connectivity index (χ4v) is 22.1. The van der Waals surface area contributed by atoms with Crippen molar-refractivity contribution < 1.29 is 141 Å². The second kappa shape index (κ2) is 46.4. The molecule has 5 amide bonds. The van der Waals surface area contributed by atoms with E-state index in [0.717, 1.165) is 143 Å². The number of fused-ring (bicyclic) bond motifs is 17. The summed E-state index contributed by atoms with van der Waals surface area (Å²) in [4.78, 5) is 154. The number of nitrogens with zero attached hydrogens (tertiary/aromatic N) is 9. The zero-order valence-corrected chi connectivity index (χ0v) is 86.9. The minimum absolute atomic E-state index is 0. The van der Waals surface area contributed by atoms with Crippen molar-refractivity contribution in [3.05, 3.63) is 71.7 Å². The van der Waals surface area contributed by atoms with Gasteiger partial charge in [0.05, 0.1) is 84.9 Å². The van der Waals surface area contributed by atoms with Crippen molar-refractivity contribution in [3.8, 4) is 34.9 Å². The summed E-state index contributed by atoms with van der Waals surface area (Å²) in [6.07, 6.45) is 25.1. The summed E-state index contributed by atoms with van der Waals surface area (Å²) < 4.78 is 55.1. The number of ether oxygens (including phenoxy) is 9. The van der Waals surface area contributed by atoms with Gasteiger partial charge in [-0.05, 0) is 225 Å². The molecule has 7 fully saturated rings. The number of benzene rings is 3. The van der Waals surface area contributed by atoms with E-state index >= 15 is 0 Å². The molecule has 739 valence electrons. The van der Waals surface area contributed by atoms with E-state index in [1.54, 1.807) is 4.90 Å². The molecule has 136 heavy (non-hydrogen) atoms. The Morgan fingerprint density at radius 1 is 0.419 bits per heavy atom. The van der Waals surface area contributed by atoms with Gasteiger partial charge in [0.2, 0.25) is 35.4 Å². The Balaban J connectivity index is 0.000000194. The largest absolute Gasteiger partial charge is 0.540 e. The number of carbonyl (C=O) groups excluding carboxylic acids is 9. The molecule has 2 N–H and O–H groups in total. The van der Waals surface area contributed by atoms with Crippen molar-refractivity contribution >= 4 is 87.8 Å². The van der Waals surface area contributed by atoms with Crippen LogP contribution in [0, 0.1) is 69.5 Å². The Bertz CT molecular complexity index is 5090. The van der Waals surface area contributed by atoms with Crippen molar-refractivity contribution in [2.45, 2.75) is 344 Å². The fourth-order valence-electron chi connectivity index (χ4n) is 22.1. The smallest absolute Gasteiger partial charge is 0.408 e. The first-order chi connectivity index (χ1) is 63.5. The molecule has 29 nitrogen and oxygen atoms in total. The molecule has 9 heterocycles. The van der Waals surface area contributed by atoms with Gasteiger partial charge in [-0.2, -0.15) is 0 Å². The van der Waals surface area contributed by atoms with Gasteiger partial charge >= 0.3 is 18.2 Å². The number of carbonyl (C=O) groups is 6. The van der Waals surface area contributed by atoms with Crippen LogP contribution in [0.25, 0.3) is 33.1 Å². The molecular weight excluding hydrogens is 1840 g/mol. The first kappa shape index (κ1) is 108. The summed E-state index contributed by atoms with van der Waals surface area (Å²) in [5, 5.41) is 5.81. The second-order valence-electron chi connectivity index (χ2n) is 42.3. The van der Waals surface area contributed by atoms with Gasteiger partial charge in [0.15, 0.2) is 0 Å². The molecule has 10 aliphatic rings. The van der Waals surface area contributed by atoms with Gasteiger partial charge in [-0.15, -0.1) is 0 Å². The SMILES string of the molecule is CCOc1ccc2nc3c(nc2c1)O[C@H]1CN(C(=O)[C@H](C(C)(C)C)CC(=O)O[C@]2(C)C[C@H]2CCCCC3)[C@H]([C-]=O)[C@@H]1CC.CCOc1ccc2nc3c(nc2c1)O[C@H]1CN(C(=O)[C@H](C(C)(C)C)NC(=O)O[C@@H]2CC4CC4[C@H]2CCCCC3)[C@H]([C-]=O)[C@@H]1CC.CCOc1ccc2nc3c(nc2c1)O[C@H]1CN(C(=O)[C@H](C(C)(C)C)NC(=O)O[C@]2(C)CCC[C@H]2CCCCC3)[C@H]([C-]=O)[C@@H]1CC.[V].[V].[V]. The standard InChI is InChI=1S/C35H47N4O6.C35H49N4O6.C34H46N3O6.3V/c1-6-22-28(19-40)39-18-30(22)44-32-26(36-25-14-13-21(43-7-2)17-27(25)37-32)12-10-8-9-11-23-24-15-20(24)16-29(23)45-34(42)38-31(33(39)41)35(3,4)5;1-7-24-28(21-40)39-20-29(24)44-31-26(36-25-17-16-23(43-8-2)19-27(25)37-31)15-11-9-10-13-22-14-12-18-35(22,6)45-33(42)38-30(32(39)41)34(3,4)5;1-7-23-28(20-38)37-19-29(23)42-31-26(35-25-15-14-22(41-8-2)16-27(25)36-31)13-11-9-10-12-21-18-34(21,6)43-30(39)17-24(32(37)40)33(3,4)5;;;/h13-14,17,20,22-24,28-31H,6-12,15-16,18H2,1-5H3,(H,38,42);16-17,19,22,24,28-30H,7-15,18,20H2,1-6H3,(H,38,42);14-16,21,23-24,28-29H,7-13,17-19H2,1-6H3;;;/q3*-1;;;/t20?,22-,23+,24?,28+,29+,30-,31+;22-,24+,28-,29+,30-,35-;21-,23+,24-,28-,29+,34-;;;/m011.../s1. The van der Waals surface area contributed by atoms with E-state index in [1.807, 2.05) is 172 Å². The Morgan fingerprint density at radius 3 is 1.20 bits per heavy atom. The molecule has 2 unspecified atom stereocenters. The van der Waals surface area contributed by atoms with E-state index in [0.29, 0.717) is 133 Å². The summed E-state index contributed by atoms with van der Waals surface area (Å²) in [5.74, 6) is 2.80. The summed E-state index contributed by atoms with van der Waals surface area (Å²) in [5.41, 5.74) is 3.79. The van der Waals surface area contributed by atoms with Gasteiger partial charge in [0, 0.05) is 79.8 Å². The fraction of sp³-hybridized carbons (Fsp3) is 0.683. The maximum absolute atomic E-state index is 14.2. The number of nitrogens with one attached hydrogen (secondary N) is 2. The molecule has 6 aromatic rings. The zero-order valence-electron chi connectivity index (χ0n) is 82.7. The topological polar surface area (TPSA) is 348 Å². The summed E-state index contributed by atoms with van der Waals surface area (Å²) in [6.45, 7) is 35.2. The minimum atomic E-state index is -0.910. The van der Waals surface area contributed by atoms with Crippen LogP contribution in [0.1, 0.15) is 276 Å². The van der Waals surface area contributed by atoms with E-state index in [-0.39, 0.29) is 135 Å². The molecule has 32 heteroatoms. The van der Waals surface area contributed by atoms with Crippen LogP contribution in [0.15, 0.2) is 54.6 Å². The molecule has 6 aliphatic heterocycles. The van der Waals surface area contributed by atoms with Crippen LogP contribution in [-0.4, -0.2) is 205 Å².